The maximum absolute atomic E-state index is 11.4. The van der Waals surface area contributed by atoms with Gasteiger partial charge in [-0.05, 0) is 24.6 Å². The second-order valence-corrected chi connectivity index (χ2v) is 5.12. The van der Waals surface area contributed by atoms with Crippen molar-refractivity contribution < 1.29 is 9.53 Å². The van der Waals surface area contributed by atoms with Gasteiger partial charge in [0.1, 0.15) is 10.7 Å². The number of nitrogens with two attached hydrogens (primary N) is 1. The van der Waals surface area contributed by atoms with Gasteiger partial charge in [-0.3, -0.25) is 4.79 Å². The second-order valence-electron chi connectivity index (χ2n) is 4.24. The predicted octanol–water partition coefficient (Wildman–Crippen LogP) is 2.22. The molecule has 104 valence electrons. The molecular weight excluding hydrogens is 284 g/mol. The lowest BCUT2D eigenvalue weighted by molar-refractivity contribution is -0.128. The Labute approximate surface area is 123 Å². The molecule has 1 aromatic carbocycles. The summed E-state index contributed by atoms with van der Waals surface area (Å²) in [5.41, 5.74) is 6.26. The molecular formula is C13H17ClN2O2S. The van der Waals surface area contributed by atoms with Crippen LogP contribution in [0.1, 0.15) is 18.4 Å². The SMILES string of the molecule is CN(C)C(=O)CCCOc1cc(Cl)ccc1C(N)=S. The highest BCUT2D eigenvalue weighted by Gasteiger charge is 2.08. The predicted molar refractivity (Wildman–Crippen MR) is 80.8 cm³/mol. The molecule has 0 atom stereocenters. The van der Waals surface area contributed by atoms with Gasteiger partial charge < -0.3 is 15.4 Å². The number of rotatable bonds is 6. The fraction of sp³-hybridized carbons (Fsp3) is 0.385. The molecule has 0 spiro atoms. The molecule has 0 bridgehead atoms. The number of amides is 1. The molecule has 0 saturated heterocycles. The third-order valence-electron chi connectivity index (χ3n) is 2.50. The van der Waals surface area contributed by atoms with Gasteiger partial charge in [0, 0.05) is 25.5 Å². The van der Waals surface area contributed by atoms with E-state index in [1.165, 1.54) is 0 Å². The van der Waals surface area contributed by atoms with E-state index < -0.39 is 0 Å². The summed E-state index contributed by atoms with van der Waals surface area (Å²) in [6, 6.07) is 5.10. The number of hydrogen-bond donors (Lipinski definition) is 1. The van der Waals surface area contributed by atoms with Crippen molar-refractivity contribution >= 4 is 34.7 Å². The average molecular weight is 301 g/mol. The van der Waals surface area contributed by atoms with Crippen LogP contribution in [0.4, 0.5) is 0 Å². The number of ether oxygens (including phenoxy) is 1. The quantitative estimate of drug-likeness (QED) is 0.646. The summed E-state index contributed by atoms with van der Waals surface area (Å²) in [4.78, 5) is 13.2. The van der Waals surface area contributed by atoms with E-state index in [4.69, 9.17) is 34.3 Å². The zero-order chi connectivity index (χ0) is 14.4. The summed E-state index contributed by atoms with van der Waals surface area (Å²) in [7, 11) is 3.45. The Morgan fingerprint density at radius 3 is 2.74 bits per heavy atom. The van der Waals surface area contributed by atoms with Crippen LogP contribution in [0.15, 0.2) is 18.2 Å². The maximum atomic E-state index is 11.4. The largest absolute Gasteiger partial charge is 0.493 e. The lowest BCUT2D eigenvalue weighted by atomic mass is 10.2. The molecule has 4 nitrogen and oxygen atoms in total. The van der Waals surface area contributed by atoms with Gasteiger partial charge in [0.15, 0.2) is 0 Å². The van der Waals surface area contributed by atoms with Gasteiger partial charge in [0.25, 0.3) is 0 Å². The van der Waals surface area contributed by atoms with Gasteiger partial charge in [-0.25, -0.2) is 0 Å². The zero-order valence-corrected chi connectivity index (χ0v) is 12.6. The van der Waals surface area contributed by atoms with Gasteiger partial charge in [-0.2, -0.15) is 0 Å². The molecule has 0 aliphatic carbocycles. The molecule has 1 amide bonds. The van der Waals surface area contributed by atoms with Gasteiger partial charge in [-0.1, -0.05) is 23.8 Å². The molecule has 0 saturated carbocycles. The van der Waals surface area contributed by atoms with E-state index >= 15 is 0 Å². The molecule has 1 rings (SSSR count). The van der Waals surface area contributed by atoms with Crippen molar-refractivity contribution in [3.05, 3.63) is 28.8 Å². The Bertz CT molecular complexity index is 478. The Morgan fingerprint density at radius 2 is 2.16 bits per heavy atom. The van der Waals surface area contributed by atoms with Crippen molar-refractivity contribution in [2.24, 2.45) is 5.73 Å². The van der Waals surface area contributed by atoms with Crippen LogP contribution < -0.4 is 10.5 Å². The molecule has 1 aromatic rings. The van der Waals surface area contributed by atoms with Crippen LogP contribution in [-0.4, -0.2) is 36.5 Å². The third kappa shape index (κ3) is 5.04. The fourth-order valence-electron chi connectivity index (χ4n) is 1.45. The number of hydrogen-bond acceptors (Lipinski definition) is 3. The number of carbonyl (C=O) groups excluding carboxylic acids is 1. The first-order valence-corrected chi connectivity index (χ1v) is 6.62. The molecule has 0 heterocycles. The molecule has 0 unspecified atom stereocenters. The van der Waals surface area contributed by atoms with E-state index in [1.54, 1.807) is 37.2 Å². The smallest absolute Gasteiger partial charge is 0.222 e. The Balaban J connectivity index is 2.55. The van der Waals surface area contributed by atoms with Crippen LogP contribution in [0.5, 0.6) is 5.75 Å². The van der Waals surface area contributed by atoms with E-state index in [2.05, 4.69) is 0 Å². The van der Waals surface area contributed by atoms with Gasteiger partial charge in [-0.15, -0.1) is 0 Å². The highest BCUT2D eigenvalue weighted by Crippen LogP contribution is 2.23. The van der Waals surface area contributed by atoms with Crippen LogP contribution in [0.2, 0.25) is 5.02 Å². The van der Waals surface area contributed by atoms with Crippen molar-refractivity contribution in [3.8, 4) is 5.75 Å². The monoisotopic (exact) mass is 300 g/mol. The first-order valence-electron chi connectivity index (χ1n) is 5.84. The normalized spacial score (nSPS) is 10.1. The second kappa shape index (κ2) is 7.31. The van der Waals surface area contributed by atoms with Crippen molar-refractivity contribution in [1.82, 2.24) is 4.90 Å². The summed E-state index contributed by atoms with van der Waals surface area (Å²) in [5, 5.41) is 0.555. The van der Waals surface area contributed by atoms with Crippen LogP contribution in [0.3, 0.4) is 0 Å². The fourth-order valence-corrected chi connectivity index (χ4v) is 1.78. The Morgan fingerprint density at radius 1 is 1.47 bits per heavy atom. The molecule has 0 radical (unpaired) electrons. The Hall–Kier alpha value is -1.33. The standard InChI is InChI=1S/C13H17ClN2O2S/c1-16(2)12(17)4-3-7-18-11-8-9(14)5-6-10(11)13(15)19/h5-6,8H,3-4,7H2,1-2H3,(H2,15,19). The van der Waals surface area contributed by atoms with Gasteiger partial charge in [0.05, 0.1) is 12.2 Å². The zero-order valence-electron chi connectivity index (χ0n) is 11.0. The van der Waals surface area contributed by atoms with Crippen LogP contribution in [0.25, 0.3) is 0 Å². The minimum Gasteiger partial charge on any atom is -0.493 e. The topological polar surface area (TPSA) is 55.6 Å². The average Bonchev–Trinajstić information content (AvgIpc) is 2.33. The molecule has 0 fully saturated rings. The number of benzene rings is 1. The van der Waals surface area contributed by atoms with Gasteiger partial charge in [0.2, 0.25) is 5.91 Å². The molecule has 6 heteroatoms. The minimum atomic E-state index is 0.0734. The summed E-state index contributed by atoms with van der Waals surface area (Å²) in [5.74, 6) is 0.626. The van der Waals surface area contributed by atoms with E-state index in [1.807, 2.05) is 0 Å². The van der Waals surface area contributed by atoms with Gasteiger partial charge >= 0.3 is 0 Å². The lowest BCUT2D eigenvalue weighted by Crippen LogP contribution is -2.21. The van der Waals surface area contributed by atoms with Crippen molar-refractivity contribution in [1.29, 1.82) is 0 Å². The van der Waals surface area contributed by atoms with E-state index in [9.17, 15) is 4.79 Å². The van der Waals surface area contributed by atoms with Crippen molar-refractivity contribution in [3.63, 3.8) is 0 Å². The molecule has 2 N–H and O–H groups in total. The summed E-state index contributed by atoms with van der Waals surface area (Å²) in [6.07, 6.45) is 1.07. The first-order chi connectivity index (χ1) is 8.91. The third-order valence-corrected chi connectivity index (χ3v) is 2.96. The summed E-state index contributed by atoms with van der Waals surface area (Å²) in [6.45, 7) is 0.412. The lowest BCUT2D eigenvalue weighted by Gasteiger charge is -2.12. The molecule has 0 aromatic heterocycles. The number of thiocarbonyl (C=S) groups is 1. The van der Waals surface area contributed by atoms with Crippen molar-refractivity contribution in [2.75, 3.05) is 20.7 Å². The Kier molecular flexibility index (Phi) is 6.05. The van der Waals surface area contributed by atoms with Crippen LogP contribution in [0, 0.1) is 0 Å². The first kappa shape index (κ1) is 15.7. The summed E-state index contributed by atoms with van der Waals surface area (Å²) >= 11 is 10.8. The van der Waals surface area contributed by atoms with E-state index in [-0.39, 0.29) is 10.9 Å². The maximum Gasteiger partial charge on any atom is 0.222 e. The highest BCUT2D eigenvalue weighted by atomic mass is 35.5. The molecule has 19 heavy (non-hydrogen) atoms. The van der Waals surface area contributed by atoms with Crippen LogP contribution in [-0.2, 0) is 4.79 Å². The molecule has 0 aliphatic rings. The van der Waals surface area contributed by atoms with E-state index in [0.29, 0.717) is 35.8 Å². The number of nitrogens with zero attached hydrogens (tertiary/aromatic N) is 1. The van der Waals surface area contributed by atoms with E-state index in [0.717, 1.165) is 0 Å². The summed E-state index contributed by atoms with van der Waals surface area (Å²) < 4.78 is 5.59. The molecule has 0 aliphatic heterocycles. The number of halogens is 1. The minimum absolute atomic E-state index is 0.0734. The highest BCUT2D eigenvalue weighted by molar-refractivity contribution is 7.80. The number of carbonyl (C=O) groups is 1. The van der Waals surface area contributed by atoms with Crippen LogP contribution >= 0.6 is 23.8 Å². The van der Waals surface area contributed by atoms with Crippen molar-refractivity contribution in [2.45, 2.75) is 12.8 Å².